The number of anilines is 1. The quantitative estimate of drug-likeness (QED) is 0.768. The highest BCUT2D eigenvalue weighted by molar-refractivity contribution is 6.00. The number of nitrogens with one attached hydrogen (secondary N) is 1. The van der Waals surface area contributed by atoms with E-state index >= 15 is 0 Å². The first kappa shape index (κ1) is 21.0. The number of hydrogen-bond acceptors (Lipinski definition) is 6. The second kappa shape index (κ2) is 9.03. The number of hydrogen-bond donors (Lipinski definition) is 1. The van der Waals surface area contributed by atoms with Crippen molar-refractivity contribution in [3.8, 4) is 5.75 Å². The van der Waals surface area contributed by atoms with Crippen LogP contribution in [0.25, 0.3) is 0 Å². The van der Waals surface area contributed by atoms with Crippen LogP contribution in [0, 0.1) is 13.8 Å². The molecule has 0 heterocycles. The minimum absolute atomic E-state index is 0.114. The molecule has 0 aromatic heterocycles. The molecule has 1 atom stereocenters. The largest absolute Gasteiger partial charge is 0.481 e. The van der Waals surface area contributed by atoms with Crippen molar-refractivity contribution in [1.82, 2.24) is 0 Å². The molecule has 0 radical (unpaired) electrons. The molecule has 148 valence electrons. The van der Waals surface area contributed by atoms with Crippen molar-refractivity contribution < 1.29 is 28.6 Å². The van der Waals surface area contributed by atoms with E-state index < -0.39 is 23.9 Å². The number of aryl methyl sites for hydroxylation is 2. The Hall–Kier alpha value is -3.35. The minimum atomic E-state index is -0.800. The van der Waals surface area contributed by atoms with E-state index in [0.29, 0.717) is 5.75 Å². The first-order chi connectivity index (χ1) is 13.2. The second-order valence-electron chi connectivity index (χ2n) is 6.28. The zero-order valence-corrected chi connectivity index (χ0v) is 16.5. The summed E-state index contributed by atoms with van der Waals surface area (Å²) in [7, 11) is 2.45. The zero-order valence-electron chi connectivity index (χ0n) is 16.5. The number of carbonyl (C=O) groups excluding carboxylic acids is 3. The first-order valence-corrected chi connectivity index (χ1v) is 8.61. The van der Waals surface area contributed by atoms with Crippen LogP contribution in [0.15, 0.2) is 36.4 Å². The van der Waals surface area contributed by atoms with Gasteiger partial charge in [-0.05, 0) is 62.2 Å². The van der Waals surface area contributed by atoms with E-state index in [-0.39, 0.29) is 16.8 Å². The van der Waals surface area contributed by atoms with Crippen molar-refractivity contribution in [1.29, 1.82) is 0 Å². The molecule has 0 fully saturated rings. The van der Waals surface area contributed by atoms with E-state index in [1.807, 2.05) is 26.0 Å². The lowest BCUT2D eigenvalue weighted by Gasteiger charge is -2.16. The molecular formula is C21H23NO6. The summed E-state index contributed by atoms with van der Waals surface area (Å²) in [4.78, 5) is 36.2. The number of rotatable bonds is 6. The van der Waals surface area contributed by atoms with Crippen LogP contribution in [0.2, 0.25) is 0 Å². The van der Waals surface area contributed by atoms with Crippen molar-refractivity contribution in [3.63, 3.8) is 0 Å². The summed E-state index contributed by atoms with van der Waals surface area (Å²) >= 11 is 0. The smallest absolute Gasteiger partial charge is 0.337 e. The number of methoxy groups -OCH3 is 2. The second-order valence-corrected chi connectivity index (χ2v) is 6.28. The van der Waals surface area contributed by atoms with Crippen molar-refractivity contribution in [2.24, 2.45) is 0 Å². The lowest BCUT2D eigenvalue weighted by Crippen LogP contribution is -2.30. The lowest BCUT2D eigenvalue weighted by atomic mass is 10.1. The molecule has 1 amide bonds. The average molecular weight is 385 g/mol. The highest BCUT2D eigenvalue weighted by Crippen LogP contribution is 2.20. The van der Waals surface area contributed by atoms with Crippen molar-refractivity contribution >= 4 is 23.5 Å². The highest BCUT2D eigenvalue weighted by Gasteiger charge is 2.18. The number of benzene rings is 2. The molecule has 0 saturated carbocycles. The van der Waals surface area contributed by atoms with Crippen LogP contribution in [-0.4, -0.2) is 38.2 Å². The van der Waals surface area contributed by atoms with Gasteiger partial charge in [-0.1, -0.05) is 6.07 Å². The highest BCUT2D eigenvalue weighted by atomic mass is 16.5. The van der Waals surface area contributed by atoms with Crippen LogP contribution in [-0.2, 0) is 14.3 Å². The Morgan fingerprint density at radius 3 is 1.93 bits per heavy atom. The van der Waals surface area contributed by atoms with Crippen LogP contribution in [0.3, 0.4) is 0 Å². The molecule has 0 saturated heterocycles. The van der Waals surface area contributed by atoms with Crippen molar-refractivity contribution in [3.05, 3.63) is 58.7 Å². The summed E-state index contributed by atoms with van der Waals surface area (Å²) in [5.74, 6) is -1.14. The summed E-state index contributed by atoms with van der Waals surface area (Å²) < 4.78 is 15.1. The summed E-state index contributed by atoms with van der Waals surface area (Å²) in [6.07, 6.45) is -0.800. The molecule has 0 aliphatic rings. The van der Waals surface area contributed by atoms with E-state index in [9.17, 15) is 14.4 Å². The van der Waals surface area contributed by atoms with Gasteiger partial charge in [0.15, 0.2) is 6.10 Å². The van der Waals surface area contributed by atoms with E-state index in [2.05, 4.69) is 14.8 Å². The summed E-state index contributed by atoms with van der Waals surface area (Å²) in [5, 5.41) is 2.65. The maximum absolute atomic E-state index is 12.5. The summed E-state index contributed by atoms with van der Waals surface area (Å²) in [6.45, 7) is 5.55. The van der Waals surface area contributed by atoms with Crippen LogP contribution in [0.5, 0.6) is 5.75 Å². The number of esters is 2. The molecule has 2 aromatic carbocycles. The molecule has 0 aliphatic carbocycles. The van der Waals surface area contributed by atoms with Crippen LogP contribution >= 0.6 is 0 Å². The molecule has 0 spiro atoms. The monoisotopic (exact) mass is 385 g/mol. The SMILES string of the molecule is COC(=O)c1cc(NC(=O)[C@@H](C)Oc2ccc(C)c(C)c2)cc(C(=O)OC)c1. The van der Waals surface area contributed by atoms with Gasteiger partial charge >= 0.3 is 11.9 Å². The molecule has 2 aromatic rings. The predicted octanol–water partition coefficient (Wildman–Crippen LogP) is 3.28. The Morgan fingerprint density at radius 2 is 1.43 bits per heavy atom. The molecular weight excluding hydrogens is 362 g/mol. The van der Waals surface area contributed by atoms with E-state index in [4.69, 9.17) is 4.74 Å². The zero-order chi connectivity index (χ0) is 20.8. The van der Waals surface area contributed by atoms with Gasteiger partial charge in [-0.25, -0.2) is 9.59 Å². The van der Waals surface area contributed by atoms with Gasteiger partial charge in [0.25, 0.3) is 5.91 Å². The molecule has 0 unspecified atom stereocenters. The number of amides is 1. The first-order valence-electron chi connectivity index (χ1n) is 8.61. The van der Waals surface area contributed by atoms with Crippen molar-refractivity contribution in [2.45, 2.75) is 26.9 Å². The van der Waals surface area contributed by atoms with Gasteiger partial charge in [0.05, 0.1) is 25.3 Å². The van der Waals surface area contributed by atoms with Crippen LogP contribution in [0.1, 0.15) is 38.8 Å². The van der Waals surface area contributed by atoms with Gasteiger partial charge < -0.3 is 19.5 Å². The fourth-order valence-electron chi connectivity index (χ4n) is 2.46. The maximum atomic E-state index is 12.5. The van der Waals surface area contributed by atoms with E-state index in [1.165, 1.54) is 32.4 Å². The predicted molar refractivity (Wildman–Crippen MR) is 104 cm³/mol. The molecule has 1 N–H and O–H groups in total. The lowest BCUT2D eigenvalue weighted by molar-refractivity contribution is -0.122. The molecule has 0 aliphatic heterocycles. The fourth-order valence-corrected chi connectivity index (χ4v) is 2.46. The van der Waals surface area contributed by atoms with Gasteiger partial charge in [0.2, 0.25) is 0 Å². The topological polar surface area (TPSA) is 90.9 Å². The Kier molecular flexibility index (Phi) is 6.76. The standard InChI is InChI=1S/C21H23NO6/c1-12-6-7-18(8-13(12)2)28-14(3)19(23)22-17-10-15(20(24)26-4)9-16(11-17)21(25)27-5/h6-11,14H,1-5H3,(H,22,23)/t14-/m1/s1. The van der Waals surface area contributed by atoms with Gasteiger partial charge in [-0.3, -0.25) is 4.79 Å². The average Bonchev–Trinajstić information content (AvgIpc) is 2.69. The molecule has 28 heavy (non-hydrogen) atoms. The minimum Gasteiger partial charge on any atom is -0.481 e. The maximum Gasteiger partial charge on any atom is 0.337 e. The molecule has 7 heteroatoms. The Bertz CT molecular complexity index is 872. The summed E-state index contributed by atoms with van der Waals surface area (Å²) in [5.41, 5.74) is 2.66. The number of ether oxygens (including phenoxy) is 3. The fraction of sp³-hybridized carbons (Fsp3) is 0.286. The molecule has 2 rings (SSSR count). The van der Waals surface area contributed by atoms with Crippen LogP contribution in [0.4, 0.5) is 5.69 Å². The molecule has 0 bridgehead atoms. The van der Waals surface area contributed by atoms with E-state index in [1.54, 1.807) is 13.0 Å². The van der Waals surface area contributed by atoms with E-state index in [0.717, 1.165) is 11.1 Å². The van der Waals surface area contributed by atoms with Gasteiger partial charge in [-0.2, -0.15) is 0 Å². The Labute approximate surface area is 163 Å². The third-order valence-electron chi connectivity index (χ3n) is 4.20. The summed E-state index contributed by atoms with van der Waals surface area (Å²) in [6, 6.07) is 9.73. The Balaban J connectivity index is 2.20. The van der Waals surface area contributed by atoms with Crippen molar-refractivity contribution in [2.75, 3.05) is 19.5 Å². The normalized spacial score (nSPS) is 11.3. The van der Waals surface area contributed by atoms with Gasteiger partial charge in [-0.15, -0.1) is 0 Å². The van der Waals surface area contributed by atoms with Gasteiger partial charge in [0.1, 0.15) is 5.75 Å². The number of carbonyl (C=O) groups is 3. The third-order valence-corrected chi connectivity index (χ3v) is 4.20. The van der Waals surface area contributed by atoms with Gasteiger partial charge in [0, 0.05) is 5.69 Å². The van der Waals surface area contributed by atoms with Crippen LogP contribution < -0.4 is 10.1 Å². The molecule has 7 nitrogen and oxygen atoms in total. The Morgan fingerprint density at radius 1 is 0.857 bits per heavy atom. The third kappa shape index (κ3) is 5.09.